The molecule has 152 valence electrons. The Hall–Kier alpha value is -3.25. The highest BCUT2D eigenvalue weighted by Gasteiger charge is 2.26. The largest absolute Gasteiger partial charge is 0.381 e. The molecule has 0 saturated carbocycles. The SMILES string of the molecule is Cc1c(Nc2ncc(N(C)C)c(N(C=O)C3CCOCC3)n2)ccc(C#N)c1F. The van der Waals surface area contributed by atoms with Gasteiger partial charge in [0, 0.05) is 44.6 Å². The van der Waals surface area contributed by atoms with Gasteiger partial charge in [0.25, 0.3) is 0 Å². The number of rotatable bonds is 6. The molecule has 0 spiro atoms. The molecule has 1 aromatic heterocycles. The normalized spacial score (nSPS) is 14.2. The van der Waals surface area contributed by atoms with Crippen LogP contribution in [0.4, 0.5) is 27.5 Å². The third-order valence-corrected chi connectivity index (χ3v) is 4.93. The summed E-state index contributed by atoms with van der Waals surface area (Å²) >= 11 is 0. The van der Waals surface area contributed by atoms with E-state index in [4.69, 9.17) is 10.00 Å². The van der Waals surface area contributed by atoms with Crippen molar-refractivity contribution in [2.45, 2.75) is 25.8 Å². The lowest BCUT2D eigenvalue weighted by atomic mass is 10.1. The summed E-state index contributed by atoms with van der Waals surface area (Å²) in [6.07, 6.45) is 3.84. The monoisotopic (exact) mass is 398 g/mol. The second-order valence-corrected chi connectivity index (χ2v) is 6.99. The van der Waals surface area contributed by atoms with Crippen LogP contribution in [0.3, 0.4) is 0 Å². The highest BCUT2D eigenvalue weighted by Crippen LogP contribution is 2.31. The molecule has 0 bridgehead atoms. The number of aromatic nitrogens is 2. The van der Waals surface area contributed by atoms with Gasteiger partial charge in [0.05, 0.1) is 17.4 Å². The summed E-state index contributed by atoms with van der Waals surface area (Å²) in [5.41, 5.74) is 1.41. The van der Waals surface area contributed by atoms with E-state index in [-0.39, 0.29) is 17.6 Å². The quantitative estimate of drug-likeness (QED) is 0.748. The highest BCUT2D eigenvalue weighted by molar-refractivity contribution is 5.82. The van der Waals surface area contributed by atoms with Crippen LogP contribution in [0.1, 0.15) is 24.0 Å². The lowest BCUT2D eigenvalue weighted by Gasteiger charge is -2.32. The topological polar surface area (TPSA) is 94.4 Å². The Morgan fingerprint density at radius 2 is 2.07 bits per heavy atom. The molecule has 1 N–H and O–H groups in total. The van der Waals surface area contributed by atoms with Crippen LogP contribution in [-0.2, 0) is 9.53 Å². The van der Waals surface area contributed by atoms with Crippen LogP contribution in [0.25, 0.3) is 0 Å². The Morgan fingerprint density at radius 3 is 2.69 bits per heavy atom. The number of nitriles is 1. The van der Waals surface area contributed by atoms with Gasteiger partial charge >= 0.3 is 0 Å². The predicted octanol–water partition coefficient (Wildman–Crippen LogP) is 2.75. The van der Waals surface area contributed by atoms with Gasteiger partial charge in [-0.25, -0.2) is 9.37 Å². The van der Waals surface area contributed by atoms with E-state index >= 15 is 0 Å². The molecular formula is C20H23FN6O2. The van der Waals surface area contributed by atoms with Crippen molar-refractivity contribution in [3.05, 3.63) is 35.3 Å². The van der Waals surface area contributed by atoms with E-state index < -0.39 is 5.82 Å². The van der Waals surface area contributed by atoms with Gasteiger partial charge in [-0.3, -0.25) is 9.69 Å². The molecule has 0 radical (unpaired) electrons. The molecule has 0 unspecified atom stereocenters. The number of hydrogen-bond acceptors (Lipinski definition) is 7. The molecule has 9 heteroatoms. The molecule has 1 aliphatic rings. The van der Waals surface area contributed by atoms with Crippen molar-refractivity contribution in [2.75, 3.05) is 42.4 Å². The summed E-state index contributed by atoms with van der Waals surface area (Å²) in [7, 11) is 3.70. The Kier molecular flexibility index (Phi) is 6.24. The third kappa shape index (κ3) is 4.27. The van der Waals surface area contributed by atoms with Crippen molar-refractivity contribution in [1.29, 1.82) is 5.26 Å². The van der Waals surface area contributed by atoms with Gasteiger partial charge in [0.2, 0.25) is 12.4 Å². The number of carbonyl (C=O) groups is 1. The smallest absolute Gasteiger partial charge is 0.229 e. The first-order chi connectivity index (χ1) is 14.0. The van der Waals surface area contributed by atoms with E-state index in [1.54, 1.807) is 24.1 Å². The molecule has 1 amide bonds. The zero-order chi connectivity index (χ0) is 21.0. The number of ether oxygens (including phenoxy) is 1. The minimum atomic E-state index is -0.584. The average Bonchev–Trinajstić information content (AvgIpc) is 2.73. The molecule has 0 aliphatic carbocycles. The fourth-order valence-electron chi connectivity index (χ4n) is 3.23. The number of anilines is 4. The highest BCUT2D eigenvalue weighted by atomic mass is 19.1. The zero-order valence-electron chi connectivity index (χ0n) is 16.6. The van der Waals surface area contributed by atoms with Gasteiger partial charge in [-0.2, -0.15) is 10.2 Å². The minimum absolute atomic E-state index is 0.0169. The first kappa shape index (κ1) is 20.5. The van der Waals surface area contributed by atoms with Crippen LogP contribution in [0, 0.1) is 24.1 Å². The van der Waals surface area contributed by atoms with Crippen molar-refractivity contribution >= 4 is 29.6 Å². The standard InChI is InChI=1S/C20H23FN6O2/c1-13-16(5-4-14(10-22)18(13)21)24-20-23-11-17(26(2)3)19(25-20)27(12-28)15-6-8-29-9-7-15/h4-5,11-12,15H,6-9H2,1-3H3,(H,23,24,25). The predicted molar refractivity (Wildman–Crippen MR) is 108 cm³/mol. The molecule has 1 saturated heterocycles. The van der Waals surface area contributed by atoms with Crippen LogP contribution < -0.4 is 15.1 Å². The fraction of sp³-hybridized carbons (Fsp3) is 0.400. The summed E-state index contributed by atoms with van der Waals surface area (Å²) in [6, 6.07) is 4.81. The van der Waals surface area contributed by atoms with Crippen LogP contribution in [-0.4, -0.2) is 49.7 Å². The number of amides is 1. The number of halogens is 1. The number of nitrogens with one attached hydrogen (secondary N) is 1. The molecule has 8 nitrogen and oxygen atoms in total. The summed E-state index contributed by atoms with van der Waals surface area (Å²) in [5, 5.41) is 12.0. The van der Waals surface area contributed by atoms with Crippen LogP contribution in [0.15, 0.2) is 18.3 Å². The Morgan fingerprint density at radius 1 is 1.34 bits per heavy atom. The number of benzene rings is 1. The third-order valence-electron chi connectivity index (χ3n) is 4.93. The molecule has 1 aliphatic heterocycles. The van der Waals surface area contributed by atoms with Gasteiger partial charge in [-0.05, 0) is 31.9 Å². The molecule has 1 fully saturated rings. The van der Waals surface area contributed by atoms with Gasteiger partial charge in [-0.1, -0.05) is 0 Å². The molecule has 3 rings (SSSR count). The summed E-state index contributed by atoms with van der Waals surface area (Å²) in [5.74, 6) is 0.122. The van der Waals surface area contributed by atoms with E-state index in [2.05, 4.69) is 15.3 Å². The lowest BCUT2D eigenvalue weighted by molar-refractivity contribution is -0.108. The van der Waals surface area contributed by atoms with Crippen LogP contribution in [0.5, 0.6) is 0 Å². The Balaban J connectivity index is 1.97. The van der Waals surface area contributed by atoms with E-state index in [0.717, 1.165) is 19.3 Å². The molecular weight excluding hydrogens is 375 g/mol. The maximum atomic E-state index is 14.3. The number of hydrogen-bond donors (Lipinski definition) is 1. The maximum absolute atomic E-state index is 14.3. The van der Waals surface area contributed by atoms with Crippen molar-refractivity contribution in [3.8, 4) is 6.07 Å². The summed E-state index contributed by atoms with van der Waals surface area (Å²) in [6.45, 7) is 2.76. The lowest BCUT2D eigenvalue weighted by Crippen LogP contribution is -2.40. The van der Waals surface area contributed by atoms with E-state index in [9.17, 15) is 9.18 Å². The van der Waals surface area contributed by atoms with Crippen molar-refractivity contribution in [1.82, 2.24) is 9.97 Å². The van der Waals surface area contributed by atoms with Crippen LogP contribution in [0.2, 0.25) is 0 Å². The van der Waals surface area contributed by atoms with Gasteiger partial charge in [-0.15, -0.1) is 0 Å². The molecule has 0 atom stereocenters. The van der Waals surface area contributed by atoms with E-state index in [1.807, 2.05) is 25.1 Å². The number of nitrogens with zero attached hydrogens (tertiary/aromatic N) is 5. The maximum Gasteiger partial charge on any atom is 0.229 e. The second-order valence-electron chi connectivity index (χ2n) is 6.99. The van der Waals surface area contributed by atoms with E-state index in [1.165, 1.54) is 6.07 Å². The van der Waals surface area contributed by atoms with Crippen molar-refractivity contribution in [2.24, 2.45) is 0 Å². The molecule has 29 heavy (non-hydrogen) atoms. The Labute approximate surface area is 168 Å². The molecule has 2 heterocycles. The van der Waals surface area contributed by atoms with Crippen molar-refractivity contribution < 1.29 is 13.9 Å². The first-order valence-corrected chi connectivity index (χ1v) is 9.28. The van der Waals surface area contributed by atoms with E-state index in [0.29, 0.717) is 36.0 Å². The Bertz CT molecular complexity index is 937. The summed E-state index contributed by atoms with van der Waals surface area (Å²) in [4.78, 5) is 24.2. The fourth-order valence-corrected chi connectivity index (χ4v) is 3.23. The summed E-state index contributed by atoms with van der Waals surface area (Å²) < 4.78 is 19.7. The number of carbonyl (C=O) groups excluding carboxylic acids is 1. The van der Waals surface area contributed by atoms with Gasteiger partial charge in [0.1, 0.15) is 11.9 Å². The second kappa shape index (κ2) is 8.84. The minimum Gasteiger partial charge on any atom is -0.381 e. The van der Waals surface area contributed by atoms with Crippen molar-refractivity contribution in [3.63, 3.8) is 0 Å². The molecule has 2 aromatic rings. The van der Waals surface area contributed by atoms with Gasteiger partial charge in [0.15, 0.2) is 5.82 Å². The zero-order valence-corrected chi connectivity index (χ0v) is 16.6. The average molecular weight is 398 g/mol. The molecule has 1 aromatic carbocycles. The van der Waals surface area contributed by atoms with Gasteiger partial charge < -0.3 is 15.0 Å². The van der Waals surface area contributed by atoms with Crippen LogP contribution >= 0.6 is 0 Å². The first-order valence-electron chi connectivity index (χ1n) is 9.28.